The van der Waals surface area contributed by atoms with Crippen LogP contribution in [0.1, 0.15) is 66.2 Å². The summed E-state index contributed by atoms with van der Waals surface area (Å²) in [7, 11) is 0. The van der Waals surface area contributed by atoms with E-state index in [1.807, 2.05) is 20.8 Å². The van der Waals surface area contributed by atoms with Gasteiger partial charge in [0.2, 0.25) is 5.78 Å². The first kappa shape index (κ1) is 24.3. The number of ketones is 2. The third kappa shape index (κ3) is 2.94. The van der Waals surface area contributed by atoms with Gasteiger partial charge in [-0.3, -0.25) is 14.4 Å². The third-order valence-corrected chi connectivity index (χ3v) is 9.47. The molecule has 0 aromatic rings. The summed E-state index contributed by atoms with van der Waals surface area (Å²) in [5.74, 6) is -2.65. The van der Waals surface area contributed by atoms with Crippen molar-refractivity contribution in [2.24, 2.45) is 28.6 Å². The van der Waals surface area contributed by atoms with Crippen molar-refractivity contribution < 1.29 is 33.7 Å². The summed E-state index contributed by atoms with van der Waals surface area (Å²) in [6, 6.07) is 0. The highest BCUT2D eigenvalue weighted by molar-refractivity contribution is 6.01. The Morgan fingerprint density at radius 1 is 1.27 bits per heavy atom. The number of halogens is 1. The molecule has 0 aliphatic heterocycles. The van der Waals surface area contributed by atoms with E-state index in [4.69, 9.17) is 4.74 Å². The highest BCUT2D eigenvalue weighted by Gasteiger charge is 2.77. The van der Waals surface area contributed by atoms with E-state index in [0.717, 1.165) is 0 Å². The molecule has 3 fully saturated rings. The van der Waals surface area contributed by atoms with Crippen LogP contribution in [0.15, 0.2) is 23.8 Å². The number of hydrogen-bond donors (Lipinski definition) is 2. The molecule has 8 atom stereocenters. The van der Waals surface area contributed by atoms with Crippen LogP contribution < -0.4 is 0 Å². The Kier molecular flexibility index (Phi) is 5.77. The van der Waals surface area contributed by atoms with Gasteiger partial charge >= 0.3 is 5.97 Å². The lowest BCUT2D eigenvalue weighted by molar-refractivity contribution is -0.228. The Labute approximate surface area is 194 Å². The fourth-order valence-corrected chi connectivity index (χ4v) is 7.95. The van der Waals surface area contributed by atoms with Crippen molar-refractivity contribution in [3.8, 4) is 0 Å². The molecule has 4 aliphatic carbocycles. The number of carbonyl (C=O) groups is 3. The average Bonchev–Trinajstić information content (AvgIpc) is 2.97. The monoisotopic (exact) mass is 462 g/mol. The van der Waals surface area contributed by atoms with Crippen LogP contribution >= 0.6 is 0 Å². The third-order valence-electron chi connectivity index (χ3n) is 9.47. The van der Waals surface area contributed by atoms with Crippen molar-refractivity contribution in [2.45, 2.75) is 83.6 Å². The van der Waals surface area contributed by atoms with Crippen molar-refractivity contribution in [3.63, 3.8) is 0 Å². The number of carbonyl (C=O) groups excluding carboxylic acids is 3. The number of rotatable bonds is 5. The van der Waals surface area contributed by atoms with E-state index in [-0.39, 0.29) is 24.5 Å². The molecule has 182 valence electrons. The Hall–Kier alpha value is -1.86. The van der Waals surface area contributed by atoms with Crippen LogP contribution in [0.3, 0.4) is 0 Å². The predicted octanol–water partition coefficient (Wildman–Crippen LogP) is 3.25. The molecule has 33 heavy (non-hydrogen) atoms. The summed E-state index contributed by atoms with van der Waals surface area (Å²) in [6.45, 7) is 6.42. The highest BCUT2D eigenvalue weighted by Crippen LogP contribution is 2.71. The molecule has 7 heteroatoms. The van der Waals surface area contributed by atoms with E-state index in [0.29, 0.717) is 31.3 Å². The molecule has 4 aliphatic rings. The lowest BCUT2D eigenvalue weighted by atomic mass is 9.44. The minimum absolute atomic E-state index is 0.0786. The van der Waals surface area contributed by atoms with Crippen LogP contribution in [0, 0.1) is 28.6 Å². The number of aliphatic hydroxyl groups excluding tert-OH is 2. The summed E-state index contributed by atoms with van der Waals surface area (Å²) >= 11 is 0. The molecule has 6 unspecified atom stereocenters. The topological polar surface area (TPSA) is 101 Å². The maximum absolute atomic E-state index is 17.2. The van der Waals surface area contributed by atoms with Crippen LogP contribution in [0.4, 0.5) is 4.39 Å². The maximum atomic E-state index is 17.2. The van der Waals surface area contributed by atoms with Gasteiger partial charge in [-0.2, -0.15) is 0 Å². The maximum Gasteiger partial charge on any atom is 0.306 e. The highest BCUT2D eigenvalue weighted by atomic mass is 19.1. The van der Waals surface area contributed by atoms with Crippen molar-refractivity contribution >= 4 is 17.5 Å². The molecule has 0 heterocycles. The smallest absolute Gasteiger partial charge is 0.306 e. The zero-order chi connectivity index (χ0) is 24.4. The van der Waals surface area contributed by atoms with E-state index >= 15 is 4.39 Å². The molecular weight excluding hydrogens is 427 g/mol. The number of hydrogen-bond acceptors (Lipinski definition) is 6. The lowest BCUT2D eigenvalue weighted by Crippen LogP contribution is -2.70. The average molecular weight is 463 g/mol. The number of alkyl halides is 1. The number of esters is 1. The van der Waals surface area contributed by atoms with Crippen LogP contribution in [-0.2, 0) is 19.1 Å². The standard InChI is InChI=1S/C26H35FO6/c1-5-6-22(32)33-26(21(31)14-28)15(2)11-19-18-8-7-16-12-17(29)9-10-23(16,3)25(18,27)20(30)13-24(19,26)4/h9-10,12,15,18-20,28,30H,5-8,11,13-14H2,1-4H3/t15?,18?,19?,20?,23?,24?,25-,26-/m0/s1. The van der Waals surface area contributed by atoms with Gasteiger partial charge in [-0.25, -0.2) is 4.39 Å². The van der Waals surface area contributed by atoms with E-state index in [1.165, 1.54) is 12.2 Å². The molecule has 4 rings (SSSR count). The SMILES string of the molecule is CCCC(=O)O[C@]1(C(=O)CO)C(C)CC2C3CCC4=CC(=O)C=CC4(C)[C@@]3(F)C(O)CC21C. The van der Waals surface area contributed by atoms with Gasteiger partial charge in [-0.1, -0.05) is 32.4 Å². The van der Waals surface area contributed by atoms with Gasteiger partial charge in [0.1, 0.15) is 6.61 Å². The zero-order valence-electron chi connectivity index (χ0n) is 19.9. The molecule has 0 bridgehead atoms. The van der Waals surface area contributed by atoms with E-state index in [9.17, 15) is 24.6 Å². The summed E-state index contributed by atoms with van der Waals surface area (Å²) in [5.41, 5.74) is -5.10. The minimum Gasteiger partial charge on any atom is -0.450 e. The molecule has 0 spiro atoms. The summed E-state index contributed by atoms with van der Waals surface area (Å²) in [5, 5.41) is 21.3. The number of aliphatic hydroxyl groups is 2. The molecule has 0 aromatic heterocycles. The number of ether oxygens (including phenoxy) is 1. The lowest BCUT2D eigenvalue weighted by Gasteiger charge is -2.62. The number of allylic oxidation sites excluding steroid dienone is 4. The van der Waals surface area contributed by atoms with E-state index < -0.39 is 58.4 Å². The fourth-order valence-electron chi connectivity index (χ4n) is 7.95. The van der Waals surface area contributed by atoms with Gasteiger partial charge < -0.3 is 14.9 Å². The van der Waals surface area contributed by atoms with Gasteiger partial charge in [0.05, 0.1) is 6.10 Å². The molecule has 2 N–H and O–H groups in total. The quantitative estimate of drug-likeness (QED) is 0.609. The Bertz CT molecular complexity index is 941. The van der Waals surface area contributed by atoms with Crippen molar-refractivity contribution in [1.29, 1.82) is 0 Å². The molecule has 0 saturated heterocycles. The fraction of sp³-hybridized carbons (Fsp3) is 0.731. The van der Waals surface area contributed by atoms with Gasteiger partial charge in [-0.05, 0) is 57.1 Å². The van der Waals surface area contributed by atoms with Crippen molar-refractivity contribution in [2.75, 3.05) is 6.61 Å². The molecule has 3 saturated carbocycles. The minimum atomic E-state index is -2.02. The van der Waals surface area contributed by atoms with Gasteiger partial charge in [0.15, 0.2) is 17.1 Å². The second-order valence-electron chi connectivity index (χ2n) is 10.9. The molecule has 0 radical (unpaired) electrons. The Balaban J connectivity index is 1.83. The van der Waals surface area contributed by atoms with Crippen LogP contribution in [0.25, 0.3) is 0 Å². The normalized spacial score (nSPS) is 46.2. The largest absolute Gasteiger partial charge is 0.450 e. The van der Waals surface area contributed by atoms with Crippen LogP contribution in [-0.4, -0.2) is 51.7 Å². The Morgan fingerprint density at radius 3 is 2.61 bits per heavy atom. The predicted molar refractivity (Wildman–Crippen MR) is 119 cm³/mol. The molecule has 0 aromatic carbocycles. The molecular formula is C26H35FO6. The zero-order valence-corrected chi connectivity index (χ0v) is 19.9. The summed E-state index contributed by atoms with van der Waals surface area (Å²) < 4.78 is 23.1. The first-order valence-corrected chi connectivity index (χ1v) is 12.1. The van der Waals surface area contributed by atoms with Crippen LogP contribution in [0.5, 0.6) is 0 Å². The van der Waals surface area contributed by atoms with Gasteiger partial charge in [-0.15, -0.1) is 0 Å². The van der Waals surface area contributed by atoms with Crippen molar-refractivity contribution in [1.82, 2.24) is 0 Å². The second kappa shape index (κ2) is 7.84. The number of Topliss-reactive ketones (excluding diaryl/α,β-unsaturated/α-hetero) is 1. The van der Waals surface area contributed by atoms with E-state index in [2.05, 4.69) is 0 Å². The van der Waals surface area contributed by atoms with E-state index in [1.54, 1.807) is 13.0 Å². The summed E-state index contributed by atoms with van der Waals surface area (Å²) in [6.07, 6.45) is 5.02. The number of fused-ring (bicyclic) bond motifs is 5. The summed E-state index contributed by atoms with van der Waals surface area (Å²) in [4.78, 5) is 37.9. The second-order valence-corrected chi connectivity index (χ2v) is 10.9. The Morgan fingerprint density at radius 2 is 1.97 bits per heavy atom. The molecule has 0 amide bonds. The first-order valence-electron chi connectivity index (χ1n) is 12.1. The first-order chi connectivity index (χ1) is 15.4. The van der Waals surface area contributed by atoms with Crippen molar-refractivity contribution in [3.05, 3.63) is 23.8 Å². The van der Waals surface area contributed by atoms with Gasteiger partial charge in [0.25, 0.3) is 0 Å². The van der Waals surface area contributed by atoms with Crippen LogP contribution in [0.2, 0.25) is 0 Å². The molecule has 6 nitrogen and oxygen atoms in total. The van der Waals surface area contributed by atoms with Gasteiger partial charge in [0, 0.05) is 29.1 Å².